The molecule has 0 bridgehead atoms. The van der Waals surface area contributed by atoms with E-state index < -0.39 is 47.8 Å². The van der Waals surface area contributed by atoms with Crippen molar-refractivity contribution >= 4 is 51.2 Å². The molecule has 0 aliphatic heterocycles. The zero-order chi connectivity index (χ0) is 39.9. The topological polar surface area (TPSA) is 227 Å². The molecule has 0 aliphatic rings. The quantitative estimate of drug-likeness (QED) is 0.0521. The zero-order valence-electron chi connectivity index (χ0n) is 31.5. The smallest absolute Gasteiger partial charge is 0.243 e. The van der Waals surface area contributed by atoms with Gasteiger partial charge in [-0.25, -0.2) is 0 Å². The van der Waals surface area contributed by atoms with Crippen molar-refractivity contribution < 1.29 is 24.0 Å². The van der Waals surface area contributed by atoms with Crippen LogP contribution in [0.25, 0.3) is 21.7 Å². The van der Waals surface area contributed by atoms with Gasteiger partial charge < -0.3 is 43.5 Å². The molecule has 5 amide bonds. The predicted octanol–water partition coefficient (Wildman–Crippen LogP) is 2.64. The summed E-state index contributed by atoms with van der Waals surface area (Å²) >= 11 is 0. The number of hydrogen-bond acceptors (Lipinski definition) is 7. The molecule has 5 rings (SSSR count). The average molecular weight is 761 g/mol. The summed E-state index contributed by atoms with van der Waals surface area (Å²) < 4.78 is 0. The summed E-state index contributed by atoms with van der Waals surface area (Å²) in [5, 5.41) is 14.2. The Labute approximate surface area is 326 Å². The van der Waals surface area contributed by atoms with E-state index in [4.69, 9.17) is 17.2 Å². The number of H-pyrrole nitrogens is 1. The Bertz CT molecular complexity index is 2100. The monoisotopic (exact) mass is 760 g/mol. The van der Waals surface area contributed by atoms with Crippen LogP contribution >= 0.6 is 0 Å². The number of aromatic nitrogens is 1. The second kappa shape index (κ2) is 20.6. The molecule has 1 aromatic heterocycles. The zero-order valence-corrected chi connectivity index (χ0v) is 31.5. The second-order valence-corrected chi connectivity index (χ2v) is 14.0. The molecular formula is C43H52N8O5. The highest BCUT2D eigenvalue weighted by molar-refractivity contribution is 5.96. The summed E-state index contributed by atoms with van der Waals surface area (Å²) in [5.74, 6) is -2.84. The molecule has 4 atom stereocenters. The molecule has 0 saturated heterocycles. The van der Waals surface area contributed by atoms with E-state index in [1.54, 1.807) is 6.20 Å². The third-order valence-electron chi connectivity index (χ3n) is 9.77. The Hall–Kier alpha value is -6.05. The number of amides is 5. The fourth-order valence-corrected chi connectivity index (χ4v) is 6.72. The van der Waals surface area contributed by atoms with E-state index in [-0.39, 0.29) is 38.0 Å². The van der Waals surface area contributed by atoms with Gasteiger partial charge in [-0.15, -0.1) is 0 Å². The number of nitrogens with two attached hydrogens (primary N) is 3. The van der Waals surface area contributed by atoms with Gasteiger partial charge in [-0.1, -0.05) is 91.0 Å². The number of carbonyl (C=O) groups is 5. The summed E-state index contributed by atoms with van der Waals surface area (Å²) in [7, 11) is 0. The number of para-hydroxylation sites is 1. The van der Waals surface area contributed by atoms with Gasteiger partial charge in [0.15, 0.2) is 0 Å². The van der Waals surface area contributed by atoms with Crippen LogP contribution in [0.5, 0.6) is 0 Å². The number of aromatic amines is 1. The molecule has 0 aliphatic carbocycles. The molecule has 1 heterocycles. The number of primary amides is 1. The van der Waals surface area contributed by atoms with E-state index in [9.17, 15) is 24.0 Å². The van der Waals surface area contributed by atoms with Gasteiger partial charge >= 0.3 is 0 Å². The Kier molecular flexibility index (Phi) is 15.1. The van der Waals surface area contributed by atoms with E-state index in [0.717, 1.165) is 38.4 Å². The third-order valence-corrected chi connectivity index (χ3v) is 9.77. The van der Waals surface area contributed by atoms with Crippen LogP contribution in [0.3, 0.4) is 0 Å². The van der Waals surface area contributed by atoms with Gasteiger partial charge in [0.2, 0.25) is 29.5 Å². The van der Waals surface area contributed by atoms with Crippen molar-refractivity contribution in [2.24, 2.45) is 17.2 Å². The van der Waals surface area contributed by atoms with Gasteiger partial charge in [0.1, 0.15) is 24.2 Å². The van der Waals surface area contributed by atoms with Crippen molar-refractivity contribution in [1.82, 2.24) is 26.3 Å². The number of hydrogen-bond donors (Lipinski definition) is 8. The summed E-state index contributed by atoms with van der Waals surface area (Å²) in [6.45, 7) is 0.744. The van der Waals surface area contributed by atoms with Crippen molar-refractivity contribution in [3.05, 3.63) is 120 Å². The lowest BCUT2D eigenvalue weighted by Gasteiger charge is -2.26. The number of fused-ring (bicyclic) bond motifs is 2. The molecule has 0 radical (unpaired) electrons. The summed E-state index contributed by atoms with van der Waals surface area (Å²) in [6.07, 6.45) is 4.21. The van der Waals surface area contributed by atoms with Crippen LogP contribution in [0.2, 0.25) is 0 Å². The first kappa shape index (κ1) is 41.1. The number of unbranched alkanes of at least 4 members (excludes halogenated alkanes) is 1. The standard InChI is InChI=1S/C43H52N8O5/c44-21-9-8-18-39(52)48-36(24-28-11-2-1-3-12-28)41(54)51-38(26-32-27-47-34-16-7-6-15-33(32)34)43(56)50-37(42(55)49-35(40(46)53)17-10-22-45)25-29-19-20-30-13-4-5-14-31(30)23-29/h1-7,11-16,19-20,23,27,35-38,47H,8-10,17-18,21-22,24-26,44-45H2,(H2,46,53)(H,48,52)(H,49,55)(H,50,56)(H,51,54)/t35?,36?,37-,38?/m0/s1. The second-order valence-electron chi connectivity index (χ2n) is 14.0. The molecule has 0 fully saturated rings. The van der Waals surface area contributed by atoms with Crippen LogP contribution in [0.4, 0.5) is 0 Å². The van der Waals surface area contributed by atoms with Crippen molar-refractivity contribution in [2.75, 3.05) is 13.1 Å². The van der Waals surface area contributed by atoms with Crippen LogP contribution in [-0.2, 0) is 43.2 Å². The molecule has 0 spiro atoms. The Balaban J connectivity index is 1.45. The fraction of sp³-hybridized carbons (Fsp3) is 0.326. The number of benzene rings is 4. The molecular weight excluding hydrogens is 709 g/mol. The van der Waals surface area contributed by atoms with Crippen molar-refractivity contribution in [2.45, 2.75) is 75.5 Å². The van der Waals surface area contributed by atoms with Gasteiger partial charge in [0.25, 0.3) is 0 Å². The van der Waals surface area contributed by atoms with Gasteiger partial charge in [-0.05, 0) is 72.3 Å². The van der Waals surface area contributed by atoms with Gasteiger partial charge in [-0.3, -0.25) is 24.0 Å². The minimum absolute atomic E-state index is 0.0643. The molecule has 4 aromatic carbocycles. The number of rotatable bonds is 21. The minimum Gasteiger partial charge on any atom is -0.368 e. The summed E-state index contributed by atoms with van der Waals surface area (Å²) in [5.41, 5.74) is 20.1. The molecule has 294 valence electrons. The highest BCUT2D eigenvalue weighted by Crippen LogP contribution is 2.21. The minimum atomic E-state index is -1.18. The van der Waals surface area contributed by atoms with Crippen LogP contribution in [0.1, 0.15) is 48.8 Å². The van der Waals surface area contributed by atoms with Crippen LogP contribution < -0.4 is 38.5 Å². The fourth-order valence-electron chi connectivity index (χ4n) is 6.72. The average Bonchev–Trinajstić information content (AvgIpc) is 3.61. The van der Waals surface area contributed by atoms with Gasteiger partial charge in [0, 0.05) is 42.8 Å². The molecule has 0 saturated carbocycles. The first-order chi connectivity index (χ1) is 27.1. The molecule has 13 heteroatoms. The maximum Gasteiger partial charge on any atom is 0.243 e. The largest absolute Gasteiger partial charge is 0.368 e. The first-order valence-electron chi connectivity index (χ1n) is 19.1. The van der Waals surface area contributed by atoms with Crippen molar-refractivity contribution in [1.29, 1.82) is 0 Å². The highest BCUT2D eigenvalue weighted by Gasteiger charge is 2.32. The highest BCUT2D eigenvalue weighted by atomic mass is 16.2. The lowest BCUT2D eigenvalue weighted by molar-refractivity contribution is -0.134. The Morgan fingerprint density at radius 2 is 1.16 bits per heavy atom. The van der Waals surface area contributed by atoms with Crippen molar-refractivity contribution in [3.8, 4) is 0 Å². The van der Waals surface area contributed by atoms with E-state index >= 15 is 0 Å². The SMILES string of the molecule is NCCCCC(=O)NC(Cc1ccccc1)C(=O)NC(Cc1c[nH]c2ccccc12)C(=O)N[C@@H](Cc1ccc2ccccc2c1)C(=O)NC(CCCN)C(N)=O. The van der Waals surface area contributed by atoms with Crippen LogP contribution in [0.15, 0.2) is 103 Å². The molecule has 5 aromatic rings. The Morgan fingerprint density at radius 3 is 1.86 bits per heavy atom. The van der Waals surface area contributed by atoms with E-state index in [1.807, 2.05) is 97.1 Å². The van der Waals surface area contributed by atoms with Gasteiger partial charge in [-0.2, -0.15) is 0 Å². The number of carbonyl (C=O) groups excluding carboxylic acids is 5. The van der Waals surface area contributed by atoms with Crippen molar-refractivity contribution in [3.63, 3.8) is 0 Å². The number of nitrogens with one attached hydrogen (secondary N) is 5. The van der Waals surface area contributed by atoms with E-state index in [1.165, 1.54) is 0 Å². The third kappa shape index (κ3) is 11.7. The molecule has 56 heavy (non-hydrogen) atoms. The lowest BCUT2D eigenvalue weighted by Crippen LogP contribution is -2.59. The van der Waals surface area contributed by atoms with Crippen LogP contribution in [-0.4, -0.2) is 71.8 Å². The Morgan fingerprint density at radius 1 is 0.571 bits per heavy atom. The maximum atomic E-state index is 14.5. The normalized spacial score (nSPS) is 13.3. The first-order valence-corrected chi connectivity index (χ1v) is 19.1. The lowest BCUT2D eigenvalue weighted by atomic mass is 9.99. The summed E-state index contributed by atoms with van der Waals surface area (Å²) in [4.78, 5) is 71.3. The molecule has 11 N–H and O–H groups in total. The maximum absolute atomic E-state index is 14.5. The van der Waals surface area contributed by atoms with E-state index in [0.29, 0.717) is 32.4 Å². The van der Waals surface area contributed by atoms with Crippen LogP contribution in [0, 0.1) is 0 Å². The van der Waals surface area contributed by atoms with E-state index in [2.05, 4.69) is 26.3 Å². The predicted molar refractivity (Wildman–Crippen MR) is 218 cm³/mol. The summed E-state index contributed by atoms with van der Waals surface area (Å²) in [6, 6.07) is 26.1. The molecule has 13 nitrogen and oxygen atoms in total. The van der Waals surface area contributed by atoms with Gasteiger partial charge in [0.05, 0.1) is 0 Å². The molecule has 3 unspecified atom stereocenters.